The first-order valence-corrected chi connectivity index (χ1v) is 7.67. The van der Waals surface area contributed by atoms with Gasteiger partial charge in [0.2, 0.25) is 0 Å². The molecule has 1 aromatic carbocycles. The first-order chi connectivity index (χ1) is 8.77. The lowest BCUT2D eigenvalue weighted by Gasteiger charge is -2.26. The van der Waals surface area contributed by atoms with Crippen molar-refractivity contribution in [3.63, 3.8) is 0 Å². The molecular weight excluding hydrogens is 235 g/mol. The number of rotatable bonds is 3. The molecule has 18 heavy (non-hydrogen) atoms. The predicted molar refractivity (Wildman–Crippen MR) is 84.1 cm³/mol. The highest BCUT2D eigenvalue weighted by atomic mass is 31.1. The lowest BCUT2D eigenvalue weighted by atomic mass is 9.91. The minimum Gasteiger partial charge on any atom is -0.0870 e. The van der Waals surface area contributed by atoms with Crippen molar-refractivity contribution in [2.24, 2.45) is 0 Å². The Bertz CT molecular complexity index is 506. The van der Waals surface area contributed by atoms with Crippen LogP contribution in [0.2, 0.25) is 0 Å². The molecule has 0 N–H and O–H groups in total. The van der Waals surface area contributed by atoms with Gasteiger partial charge in [-0.2, -0.15) is 0 Å². The first-order valence-electron chi connectivity index (χ1n) is 6.67. The summed E-state index contributed by atoms with van der Waals surface area (Å²) in [6.45, 7) is 6.61. The van der Waals surface area contributed by atoms with Crippen molar-refractivity contribution < 1.29 is 0 Å². The third kappa shape index (κ3) is 2.65. The number of fused-ring (bicyclic) bond motifs is 1. The van der Waals surface area contributed by atoms with E-state index in [2.05, 4.69) is 69.3 Å². The van der Waals surface area contributed by atoms with E-state index in [1.807, 2.05) is 0 Å². The summed E-state index contributed by atoms with van der Waals surface area (Å²) < 4.78 is 0. The Morgan fingerprint density at radius 1 is 1.22 bits per heavy atom. The summed E-state index contributed by atoms with van der Waals surface area (Å²) in [6, 6.07) is 8.85. The van der Waals surface area contributed by atoms with Gasteiger partial charge in [-0.3, -0.25) is 0 Å². The summed E-state index contributed by atoms with van der Waals surface area (Å²) in [6.07, 6.45) is 10.1. The van der Waals surface area contributed by atoms with Crippen LogP contribution in [0.25, 0.3) is 0 Å². The van der Waals surface area contributed by atoms with E-state index in [1.54, 1.807) is 0 Å². The van der Waals surface area contributed by atoms with Crippen LogP contribution in [0.3, 0.4) is 0 Å². The maximum absolute atomic E-state index is 2.32. The van der Waals surface area contributed by atoms with Crippen LogP contribution >= 0.6 is 8.58 Å². The van der Waals surface area contributed by atoms with E-state index >= 15 is 0 Å². The molecule has 2 atom stereocenters. The van der Waals surface area contributed by atoms with Crippen molar-refractivity contribution in [2.75, 3.05) is 0 Å². The van der Waals surface area contributed by atoms with E-state index in [1.165, 1.54) is 21.8 Å². The molecule has 0 fully saturated rings. The van der Waals surface area contributed by atoms with E-state index < -0.39 is 0 Å². The smallest absolute Gasteiger partial charge is 0.00735 e. The molecule has 0 nitrogen and oxygen atoms in total. The molecule has 1 aromatic rings. The van der Waals surface area contributed by atoms with Crippen LogP contribution < -0.4 is 5.30 Å². The molecule has 1 aliphatic heterocycles. The molecule has 1 heterocycles. The summed E-state index contributed by atoms with van der Waals surface area (Å²) in [7, 11) is 0.790. The Hall–Kier alpha value is -1.13. The highest BCUT2D eigenvalue weighted by Gasteiger charge is 2.21. The molecule has 0 spiro atoms. The van der Waals surface area contributed by atoms with Crippen molar-refractivity contribution >= 4 is 13.9 Å². The fourth-order valence-corrected chi connectivity index (χ4v) is 4.00. The topological polar surface area (TPSA) is 0 Å². The zero-order valence-corrected chi connectivity index (χ0v) is 12.4. The van der Waals surface area contributed by atoms with Gasteiger partial charge in [-0.05, 0) is 35.1 Å². The van der Waals surface area contributed by atoms with Crippen LogP contribution in [-0.2, 0) is 0 Å². The summed E-state index contributed by atoms with van der Waals surface area (Å²) in [5, 5.41) is 3.00. The molecule has 2 unspecified atom stereocenters. The Kier molecular flexibility index (Phi) is 4.55. The quantitative estimate of drug-likeness (QED) is 0.674. The largest absolute Gasteiger partial charge is 0.0870 e. The van der Waals surface area contributed by atoms with Gasteiger partial charge in [0.25, 0.3) is 0 Å². The number of benzene rings is 1. The minimum absolute atomic E-state index is 0.511. The zero-order chi connectivity index (χ0) is 13.0. The molecule has 0 bridgehead atoms. The normalized spacial score (nSPS) is 21.2. The summed E-state index contributed by atoms with van der Waals surface area (Å²) in [4.78, 5) is 0. The van der Waals surface area contributed by atoms with E-state index in [-0.39, 0.29) is 0 Å². The van der Waals surface area contributed by atoms with Gasteiger partial charge in [-0.25, -0.2) is 0 Å². The van der Waals surface area contributed by atoms with Crippen molar-refractivity contribution in [1.29, 1.82) is 0 Å². The van der Waals surface area contributed by atoms with E-state index in [9.17, 15) is 0 Å². The number of hydrogen-bond donors (Lipinski definition) is 0. The van der Waals surface area contributed by atoms with Gasteiger partial charge in [0.1, 0.15) is 0 Å². The first kappa shape index (κ1) is 13.3. The second kappa shape index (κ2) is 6.16. The van der Waals surface area contributed by atoms with Crippen LogP contribution in [0, 0.1) is 0 Å². The molecule has 0 aromatic heterocycles. The monoisotopic (exact) mass is 256 g/mol. The van der Waals surface area contributed by atoms with E-state index in [4.69, 9.17) is 0 Å². The molecule has 94 valence electrons. The van der Waals surface area contributed by atoms with Gasteiger partial charge in [-0.15, -0.1) is 0 Å². The van der Waals surface area contributed by atoms with Gasteiger partial charge in [0.05, 0.1) is 0 Å². The molecule has 1 heteroatoms. The fraction of sp³-hybridized carbons (Fsp3) is 0.294. The Labute approximate surface area is 112 Å². The molecule has 2 rings (SSSR count). The van der Waals surface area contributed by atoms with Crippen LogP contribution in [0.4, 0.5) is 0 Å². The summed E-state index contributed by atoms with van der Waals surface area (Å²) >= 11 is 0. The number of hydrogen-bond acceptors (Lipinski definition) is 0. The number of allylic oxidation sites excluding steroid dienone is 6. The van der Waals surface area contributed by atoms with Gasteiger partial charge in [0, 0.05) is 5.92 Å². The maximum Gasteiger partial charge on any atom is 0.00735 e. The molecule has 0 amide bonds. The standard InChI is InChI=1S/C17H21P/c1-4-6-10-14-13(3)15-11-7-8-12-17(15)18-16(14)9-5-2/h5-13,18H,4H2,1-3H3/b9-5-,10-6-. The van der Waals surface area contributed by atoms with Crippen molar-refractivity contribution in [3.05, 3.63) is 65.0 Å². The SMILES string of the molecule is C/C=C\C1=C(/C=C\CC)C(C)c2ccccc2P1. The Balaban J connectivity index is 2.47. The van der Waals surface area contributed by atoms with Gasteiger partial charge < -0.3 is 0 Å². The average Bonchev–Trinajstić information content (AvgIpc) is 2.39. The third-order valence-electron chi connectivity index (χ3n) is 3.34. The second-order valence-corrected chi connectivity index (χ2v) is 5.94. The molecule has 0 radical (unpaired) electrons. The summed E-state index contributed by atoms with van der Waals surface area (Å²) in [5.74, 6) is 0.511. The molecule has 0 aliphatic carbocycles. The van der Waals surface area contributed by atoms with Crippen molar-refractivity contribution in [1.82, 2.24) is 0 Å². The van der Waals surface area contributed by atoms with Gasteiger partial charge in [0.15, 0.2) is 0 Å². The lowest BCUT2D eigenvalue weighted by Crippen LogP contribution is -2.14. The van der Waals surface area contributed by atoms with Crippen LogP contribution in [0.5, 0.6) is 0 Å². The second-order valence-electron chi connectivity index (χ2n) is 4.61. The summed E-state index contributed by atoms with van der Waals surface area (Å²) in [5.41, 5.74) is 2.99. The molecular formula is C17H21P. The van der Waals surface area contributed by atoms with E-state index in [0.29, 0.717) is 5.92 Å². The van der Waals surface area contributed by atoms with Crippen molar-refractivity contribution in [2.45, 2.75) is 33.1 Å². The predicted octanol–water partition coefficient (Wildman–Crippen LogP) is 4.90. The molecule has 0 saturated heterocycles. The van der Waals surface area contributed by atoms with Gasteiger partial charge in [-0.1, -0.05) is 71.0 Å². The van der Waals surface area contributed by atoms with E-state index in [0.717, 1.165) is 15.0 Å². The maximum atomic E-state index is 2.32. The fourth-order valence-electron chi connectivity index (χ4n) is 2.39. The average molecular weight is 256 g/mol. The third-order valence-corrected chi connectivity index (χ3v) is 4.79. The van der Waals surface area contributed by atoms with Crippen LogP contribution in [0.15, 0.2) is 59.5 Å². The van der Waals surface area contributed by atoms with Crippen LogP contribution in [0.1, 0.15) is 38.7 Å². The zero-order valence-electron chi connectivity index (χ0n) is 11.4. The van der Waals surface area contributed by atoms with Crippen LogP contribution in [-0.4, -0.2) is 0 Å². The lowest BCUT2D eigenvalue weighted by molar-refractivity contribution is 0.920. The minimum atomic E-state index is 0.511. The highest BCUT2D eigenvalue weighted by molar-refractivity contribution is 7.52. The Morgan fingerprint density at radius 2 is 2.00 bits per heavy atom. The molecule has 0 saturated carbocycles. The van der Waals surface area contributed by atoms with Crippen molar-refractivity contribution in [3.8, 4) is 0 Å². The van der Waals surface area contributed by atoms with Gasteiger partial charge >= 0.3 is 0 Å². The highest BCUT2D eigenvalue weighted by Crippen LogP contribution is 2.41. The Morgan fingerprint density at radius 3 is 2.72 bits per heavy atom. The molecule has 1 aliphatic rings.